The molecule has 94 valence electrons. The maximum Gasteiger partial charge on any atom is 0.235 e. The van der Waals surface area contributed by atoms with E-state index >= 15 is 0 Å². The van der Waals surface area contributed by atoms with Gasteiger partial charge >= 0.3 is 0 Å². The number of nitrogens with zero attached hydrogens (tertiary/aromatic N) is 1. The van der Waals surface area contributed by atoms with Crippen molar-refractivity contribution in [3.63, 3.8) is 0 Å². The Morgan fingerprint density at radius 2 is 1.94 bits per heavy atom. The molecule has 0 bridgehead atoms. The molecule has 1 amide bonds. The molecule has 0 atom stereocenters. The summed E-state index contributed by atoms with van der Waals surface area (Å²) in [5.74, 6) is -0.408. The van der Waals surface area contributed by atoms with Crippen molar-refractivity contribution in [1.82, 2.24) is 9.62 Å². The molecule has 0 aliphatic carbocycles. The molecule has 0 aromatic carbocycles. The number of nitrogens with one attached hydrogen (secondary N) is 1. The van der Waals surface area contributed by atoms with E-state index in [0.717, 1.165) is 10.6 Å². The average Bonchev–Trinajstić information content (AvgIpc) is 2.25. The van der Waals surface area contributed by atoms with E-state index in [2.05, 4.69) is 5.32 Å². The molecule has 0 saturated carbocycles. The van der Waals surface area contributed by atoms with Gasteiger partial charge in [0.1, 0.15) is 0 Å². The molecule has 0 spiro atoms. The van der Waals surface area contributed by atoms with Gasteiger partial charge in [-0.15, -0.1) is 0 Å². The van der Waals surface area contributed by atoms with Gasteiger partial charge in [-0.3, -0.25) is 4.79 Å². The number of hydrogen-bond acceptors (Lipinski definition) is 5. The number of sulfone groups is 1. The SMILES string of the molecule is CS(=O)(=O)CS(=O)(=O)N1CCCNC(=O)C1. The van der Waals surface area contributed by atoms with E-state index < -0.39 is 30.9 Å². The maximum atomic E-state index is 11.7. The first-order valence-electron chi connectivity index (χ1n) is 4.63. The summed E-state index contributed by atoms with van der Waals surface area (Å²) in [6.07, 6.45) is 1.33. The van der Waals surface area contributed by atoms with E-state index in [4.69, 9.17) is 0 Å². The third-order valence-electron chi connectivity index (χ3n) is 1.98. The number of carbonyl (C=O) groups excluding carboxylic acids is 1. The van der Waals surface area contributed by atoms with Crippen LogP contribution in [0.25, 0.3) is 0 Å². The van der Waals surface area contributed by atoms with Gasteiger partial charge in [0.2, 0.25) is 15.9 Å². The van der Waals surface area contributed by atoms with Gasteiger partial charge in [0.05, 0.1) is 6.54 Å². The minimum atomic E-state index is -3.91. The zero-order chi connectivity index (χ0) is 12.4. The lowest BCUT2D eigenvalue weighted by molar-refractivity contribution is -0.120. The standard InChI is InChI=1S/C7H14N2O5S2/c1-15(11,12)6-16(13,14)9-4-2-3-8-7(10)5-9/h2-6H2,1H3,(H,8,10). The van der Waals surface area contributed by atoms with Crippen molar-refractivity contribution >= 4 is 25.8 Å². The molecule has 16 heavy (non-hydrogen) atoms. The van der Waals surface area contributed by atoms with Crippen LogP contribution >= 0.6 is 0 Å². The zero-order valence-corrected chi connectivity index (χ0v) is 10.5. The van der Waals surface area contributed by atoms with Gasteiger partial charge in [0, 0.05) is 19.3 Å². The third kappa shape index (κ3) is 4.06. The second-order valence-corrected chi connectivity index (χ2v) is 8.17. The van der Waals surface area contributed by atoms with Crippen LogP contribution in [0.5, 0.6) is 0 Å². The van der Waals surface area contributed by atoms with Crippen LogP contribution in [-0.4, -0.2) is 58.0 Å². The number of sulfonamides is 1. The van der Waals surface area contributed by atoms with Crippen LogP contribution < -0.4 is 5.32 Å². The van der Waals surface area contributed by atoms with Crippen molar-refractivity contribution < 1.29 is 21.6 Å². The van der Waals surface area contributed by atoms with Crippen LogP contribution in [0.4, 0.5) is 0 Å². The van der Waals surface area contributed by atoms with E-state index in [9.17, 15) is 21.6 Å². The fraction of sp³-hybridized carbons (Fsp3) is 0.857. The van der Waals surface area contributed by atoms with Gasteiger partial charge in [0.15, 0.2) is 14.9 Å². The molecule has 1 aliphatic heterocycles. The maximum absolute atomic E-state index is 11.7. The van der Waals surface area contributed by atoms with Gasteiger partial charge < -0.3 is 5.32 Å². The smallest absolute Gasteiger partial charge is 0.235 e. The van der Waals surface area contributed by atoms with E-state index in [1.54, 1.807) is 0 Å². The highest BCUT2D eigenvalue weighted by Gasteiger charge is 2.29. The molecule has 0 aromatic heterocycles. The molecule has 1 N–H and O–H groups in total. The number of hydrogen-bond donors (Lipinski definition) is 1. The topological polar surface area (TPSA) is 101 Å². The molecular formula is C7H14N2O5S2. The predicted octanol–water partition coefficient (Wildman–Crippen LogP) is -1.86. The summed E-state index contributed by atoms with van der Waals surface area (Å²) in [6, 6.07) is 0. The predicted molar refractivity (Wildman–Crippen MR) is 57.8 cm³/mol. The highest BCUT2D eigenvalue weighted by Crippen LogP contribution is 2.07. The highest BCUT2D eigenvalue weighted by atomic mass is 32.3. The van der Waals surface area contributed by atoms with Crippen molar-refractivity contribution in [3.05, 3.63) is 0 Å². The van der Waals surface area contributed by atoms with Crippen LogP contribution in [-0.2, 0) is 24.7 Å². The first kappa shape index (κ1) is 13.4. The largest absolute Gasteiger partial charge is 0.355 e. The Labute approximate surface area is 94.8 Å². The van der Waals surface area contributed by atoms with E-state index in [1.165, 1.54) is 0 Å². The Bertz CT molecular complexity index is 467. The summed E-state index contributed by atoms with van der Waals surface area (Å²) >= 11 is 0. The molecule has 1 saturated heterocycles. The van der Waals surface area contributed by atoms with E-state index in [1.807, 2.05) is 0 Å². The van der Waals surface area contributed by atoms with Gasteiger partial charge in [-0.25, -0.2) is 16.8 Å². The minimum absolute atomic E-state index is 0.163. The molecule has 9 heteroatoms. The molecular weight excluding hydrogens is 256 g/mol. The summed E-state index contributed by atoms with van der Waals surface area (Å²) in [4.78, 5) is 11.1. The van der Waals surface area contributed by atoms with Gasteiger partial charge in [0.25, 0.3) is 0 Å². The molecule has 1 fully saturated rings. The number of amides is 1. The van der Waals surface area contributed by atoms with Crippen molar-refractivity contribution in [2.24, 2.45) is 0 Å². The summed E-state index contributed by atoms with van der Waals surface area (Å²) in [5, 5.41) is 1.56. The van der Waals surface area contributed by atoms with Crippen LogP contribution in [0.3, 0.4) is 0 Å². The first-order chi connectivity index (χ1) is 7.21. The Balaban J connectivity index is 2.86. The van der Waals surface area contributed by atoms with Gasteiger partial charge in [-0.2, -0.15) is 4.31 Å². The van der Waals surface area contributed by atoms with Crippen molar-refractivity contribution in [2.75, 3.05) is 31.0 Å². The monoisotopic (exact) mass is 270 g/mol. The normalized spacial score (nSPS) is 20.2. The van der Waals surface area contributed by atoms with Gasteiger partial charge in [-0.05, 0) is 6.42 Å². The lowest BCUT2D eigenvalue weighted by Crippen LogP contribution is -2.39. The van der Waals surface area contributed by atoms with E-state index in [-0.39, 0.29) is 13.1 Å². The van der Waals surface area contributed by atoms with Crippen molar-refractivity contribution in [1.29, 1.82) is 0 Å². The van der Waals surface area contributed by atoms with Crippen molar-refractivity contribution in [2.45, 2.75) is 6.42 Å². The third-order valence-corrected chi connectivity index (χ3v) is 5.99. The van der Waals surface area contributed by atoms with Crippen LogP contribution in [0, 0.1) is 0 Å². The average molecular weight is 270 g/mol. The first-order valence-corrected chi connectivity index (χ1v) is 8.30. The fourth-order valence-corrected chi connectivity index (χ4v) is 4.84. The lowest BCUT2D eigenvalue weighted by Gasteiger charge is -2.17. The molecule has 7 nitrogen and oxygen atoms in total. The lowest BCUT2D eigenvalue weighted by atomic mass is 10.4. The molecule has 1 heterocycles. The Hall–Kier alpha value is -0.670. The van der Waals surface area contributed by atoms with Gasteiger partial charge in [-0.1, -0.05) is 0 Å². The molecule has 0 radical (unpaired) electrons. The molecule has 1 aliphatic rings. The summed E-state index contributed by atoms with van der Waals surface area (Å²) < 4.78 is 46.1. The molecule has 0 unspecified atom stereocenters. The quantitative estimate of drug-likeness (QED) is 0.648. The number of carbonyl (C=O) groups is 1. The summed E-state index contributed by atoms with van der Waals surface area (Å²) in [7, 11) is -7.53. The Kier molecular flexibility index (Phi) is 3.92. The molecule has 1 rings (SSSR count). The minimum Gasteiger partial charge on any atom is -0.355 e. The van der Waals surface area contributed by atoms with Crippen LogP contribution in [0.2, 0.25) is 0 Å². The number of rotatable bonds is 3. The Morgan fingerprint density at radius 1 is 1.31 bits per heavy atom. The van der Waals surface area contributed by atoms with Crippen molar-refractivity contribution in [3.8, 4) is 0 Å². The Morgan fingerprint density at radius 3 is 2.50 bits per heavy atom. The summed E-state index contributed by atoms with van der Waals surface area (Å²) in [5.41, 5.74) is 0. The second kappa shape index (κ2) is 4.68. The van der Waals surface area contributed by atoms with Crippen LogP contribution in [0.1, 0.15) is 6.42 Å². The van der Waals surface area contributed by atoms with E-state index in [0.29, 0.717) is 13.0 Å². The fourth-order valence-electron chi connectivity index (χ4n) is 1.36. The zero-order valence-electron chi connectivity index (χ0n) is 8.84. The highest BCUT2D eigenvalue weighted by molar-refractivity contribution is 8.06. The summed E-state index contributed by atoms with van der Waals surface area (Å²) in [6.45, 7) is 0.262. The second-order valence-electron chi connectivity index (χ2n) is 3.69. The molecule has 0 aromatic rings. The van der Waals surface area contributed by atoms with Crippen LogP contribution in [0.15, 0.2) is 0 Å².